The van der Waals surface area contributed by atoms with E-state index in [9.17, 15) is 9.18 Å². The van der Waals surface area contributed by atoms with Crippen LogP contribution in [0.4, 0.5) is 21.6 Å². The van der Waals surface area contributed by atoms with Crippen molar-refractivity contribution in [2.75, 3.05) is 47.0 Å². The number of aromatic nitrogens is 2. The molecule has 1 N–H and O–H groups in total. The quantitative estimate of drug-likeness (QED) is 0.428. The van der Waals surface area contributed by atoms with Crippen molar-refractivity contribution in [3.63, 3.8) is 0 Å². The standard InChI is InChI=1S/C24H26FN5OS/c1-2-18-7-9-19(10-8-18)28-23(31)16-32-24-15-22(26-17-27-24)30-13-11-29(12-14-30)21-6-4-3-5-20(21)25/h3-10,15,17H,2,11-14,16H2,1H3,(H,28,31). The summed E-state index contributed by atoms with van der Waals surface area (Å²) in [5, 5.41) is 3.67. The summed E-state index contributed by atoms with van der Waals surface area (Å²) >= 11 is 1.38. The minimum Gasteiger partial charge on any atom is -0.366 e. The molecular weight excluding hydrogens is 425 g/mol. The highest BCUT2D eigenvalue weighted by molar-refractivity contribution is 7.99. The minimum atomic E-state index is -0.193. The molecule has 1 aliphatic heterocycles. The van der Waals surface area contributed by atoms with Crippen LogP contribution in [0.1, 0.15) is 12.5 Å². The highest BCUT2D eigenvalue weighted by Gasteiger charge is 2.20. The number of anilines is 3. The highest BCUT2D eigenvalue weighted by atomic mass is 32.2. The SMILES string of the molecule is CCc1ccc(NC(=O)CSc2cc(N3CCN(c4ccccc4F)CC3)ncn2)cc1. The van der Waals surface area contributed by atoms with Crippen LogP contribution in [0.2, 0.25) is 0 Å². The van der Waals surface area contributed by atoms with E-state index in [1.54, 1.807) is 6.07 Å². The number of halogens is 1. The Morgan fingerprint density at radius 3 is 2.47 bits per heavy atom. The molecule has 1 aromatic heterocycles. The van der Waals surface area contributed by atoms with Gasteiger partial charge in [0.1, 0.15) is 23.0 Å². The summed E-state index contributed by atoms with van der Waals surface area (Å²) in [5.74, 6) is 0.831. The first-order valence-corrected chi connectivity index (χ1v) is 11.7. The second-order valence-electron chi connectivity index (χ2n) is 7.53. The average Bonchev–Trinajstić information content (AvgIpc) is 2.84. The number of amides is 1. The number of rotatable bonds is 7. The van der Waals surface area contributed by atoms with E-state index in [-0.39, 0.29) is 17.5 Å². The Bertz CT molecular complexity index is 1050. The van der Waals surface area contributed by atoms with Gasteiger partial charge in [-0.15, -0.1) is 0 Å². The van der Waals surface area contributed by atoms with Crippen molar-refractivity contribution in [1.82, 2.24) is 9.97 Å². The van der Waals surface area contributed by atoms with Gasteiger partial charge in [-0.05, 0) is 36.2 Å². The van der Waals surface area contributed by atoms with Gasteiger partial charge in [0.05, 0.1) is 11.4 Å². The molecule has 1 saturated heterocycles. The third-order valence-electron chi connectivity index (χ3n) is 5.42. The predicted molar refractivity (Wildman–Crippen MR) is 128 cm³/mol. The largest absolute Gasteiger partial charge is 0.366 e. The number of nitrogens with one attached hydrogen (secondary N) is 1. The maximum absolute atomic E-state index is 14.1. The van der Waals surface area contributed by atoms with Crippen molar-refractivity contribution < 1.29 is 9.18 Å². The van der Waals surface area contributed by atoms with Gasteiger partial charge < -0.3 is 15.1 Å². The maximum Gasteiger partial charge on any atom is 0.234 e. The summed E-state index contributed by atoms with van der Waals surface area (Å²) in [6.07, 6.45) is 2.50. The Hall–Kier alpha value is -3.13. The fourth-order valence-electron chi connectivity index (χ4n) is 3.63. The molecule has 0 bridgehead atoms. The van der Waals surface area contributed by atoms with Gasteiger partial charge in [0.25, 0.3) is 0 Å². The Labute approximate surface area is 191 Å². The van der Waals surface area contributed by atoms with Gasteiger partial charge >= 0.3 is 0 Å². The first kappa shape index (κ1) is 22.1. The molecule has 1 fully saturated rings. The summed E-state index contributed by atoms with van der Waals surface area (Å²) in [6.45, 7) is 5.01. The van der Waals surface area contributed by atoms with E-state index in [1.807, 2.05) is 42.5 Å². The summed E-state index contributed by atoms with van der Waals surface area (Å²) in [5.41, 5.74) is 2.67. The molecule has 0 unspecified atom stereocenters. The van der Waals surface area contributed by atoms with E-state index in [0.29, 0.717) is 18.8 Å². The third-order valence-corrected chi connectivity index (χ3v) is 6.35. The lowest BCUT2D eigenvalue weighted by molar-refractivity contribution is -0.113. The van der Waals surface area contributed by atoms with Crippen molar-refractivity contribution in [3.8, 4) is 0 Å². The molecule has 0 saturated carbocycles. The van der Waals surface area contributed by atoms with Crippen LogP contribution in [0.25, 0.3) is 0 Å². The number of para-hydroxylation sites is 1. The molecule has 3 aromatic rings. The number of hydrogen-bond donors (Lipinski definition) is 1. The number of thioether (sulfide) groups is 1. The van der Waals surface area contributed by atoms with Crippen LogP contribution in [0.15, 0.2) is 66.0 Å². The van der Waals surface area contributed by atoms with Crippen LogP contribution in [-0.2, 0) is 11.2 Å². The van der Waals surface area contributed by atoms with Crippen LogP contribution in [0.3, 0.4) is 0 Å². The molecule has 0 atom stereocenters. The Morgan fingerprint density at radius 1 is 1.03 bits per heavy atom. The van der Waals surface area contributed by atoms with E-state index in [2.05, 4.69) is 32.0 Å². The number of benzene rings is 2. The van der Waals surface area contributed by atoms with Gasteiger partial charge in [-0.1, -0.05) is 43.0 Å². The van der Waals surface area contributed by atoms with Crippen molar-refractivity contribution in [3.05, 3.63) is 72.3 Å². The summed E-state index contributed by atoms with van der Waals surface area (Å²) < 4.78 is 14.1. The van der Waals surface area contributed by atoms with E-state index in [1.165, 1.54) is 29.7 Å². The summed E-state index contributed by atoms with van der Waals surface area (Å²) in [4.78, 5) is 25.2. The lowest BCUT2D eigenvalue weighted by Crippen LogP contribution is -2.47. The number of piperazine rings is 1. The van der Waals surface area contributed by atoms with Crippen LogP contribution in [0.5, 0.6) is 0 Å². The molecule has 1 amide bonds. The van der Waals surface area contributed by atoms with E-state index >= 15 is 0 Å². The summed E-state index contributed by atoms with van der Waals surface area (Å²) in [7, 11) is 0. The van der Waals surface area contributed by atoms with Gasteiger partial charge in [0, 0.05) is 37.9 Å². The Kier molecular flexibility index (Phi) is 7.21. The molecule has 2 heterocycles. The topological polar surface area (TPSA) is 61.4 Å². The molecule has 8 heteroatoms. The Morgan fingerprint density at radius 2 is 1.75 bits per heavy atom. The molecule has 6 nitrogen and oxygen atoms in total. The van der Waals surface area contributed by atoms with Gasteiger partial charge in [0.15, 0.2) is 0 Å². The molecule has 0 spiro atoms. The monoisotopic (exact) mass is 451 g/mol. The first-order valence-electron chi connectivity index (χ1n) is 10.7. The van der Waals surface area contributed by atoms with Gasteiger partial charge in [-0.3, -0.25) is 4.79 Å². The van der Waals surface area contributed by atoms with Gasteiger partial charge in [-0.25, -0.2) is 14.4 Å². The highest BCUT2D eigenvalue weighted by Crippen LogP contribution is 2.24. The van der Waals surface area contributed by atoms with Crippen molar-refractivity contribution in [1.29, 1.82) is 0 Å². The van der Waals surface area contributed by atoms with E-state index in [0.717, 1.165) is 36.0 Å². The van der Waals surface area contributed by atoms with E-state index in [4.69, 9.17) is 0 Å². The first-order chi connectivity index (χ1) is 15.6. The number of aryl methyl sites for hydroxylation is 1. The van der Waals surface area contributed by atoms with E-state index < -0.39 is 0 Å². The summed E-state index contributed by atoms with van der Waals surface area (Å²) in [6, 6.07) is 16.7. The van der Waals surface area contributed by atoms with Crippen molar-refractivity contribution in [2.24, 2.45) is 0 Å². The molecule has 2 aromatic carbocycles. The number of nitrogens with zero attached hydrogens (tertiary/aromatic N) is 4. The van der Waals surface area contributed by atoms with Gasteiger partial charge in [-0.2, -0.15) is 0 Å². The second-order valence-corrected chi connectivity index (χ2v) is 8.52. The Balaban J connectivity index is 1.30. The van der Waals surface area contributed by atoms with Crippen molar-refractivity contribution in [2.45, 2.75) is 18.4 Å². The van der Waals surface area contributed by atoms with Crippen LogP contribution in [-0.4, -0.2) is 47.8 Å². The minimum absolute atomic E-state index is 0.0714. The second kappa shape index (κ2) is 10.5. The number of carbonyl (C=O) groups is 1. The smallest absolute Gasteiger partial charge is 0.234 e. The lowest BCUT2D eigenvalue weighted by atomic mass is 10.1. The normalized spacial score (nSPS) is 13.8. The molecule has 0 radical (unpaired) electrons. The zero-order valence-corrected chi connectivity index (χ0v) is 18.8. The molecule has 166 valence electrons. The predicted octanol–water partition coefficient (Wildman–Crippen LogP) is 4.24. The molecule has 4 rings (SSSR count). The molecule has 0 aliphatic carbocycles. The van der Waals surface area contributed by atoms with Crippen molar-refractivity contribution >= 4 is 34.9 Å². The number of hydrogen-bond acceptors (Lipinski definition) is 6. The van der Waals surface area contributed by atoms with Crippen LogP contribution >= 0.6 is 11.8 Å². The number of carbonyl (C=O) groups excluding carboxylic acids is 1. The molecular formula is C24H26FN5OS. The zero-order chi connectivity index (χ0) is 22.3. The zero-order valence-electron chi connectivity index (χ0n) is 18.0. The average molecular weight is 452 g/mol. The van der Waals surface area contributed by atoms with Gasteiger partial charge in [0.2, 0.25) is 5.91 Å². The van der Waals surface area contributed by atoms with Crippen LogP contribution in [0, 0.1) is 5.82 Å². The third kappa shape index (κ3) is 5.56. The fourth-order valence-corrected chi connectivity index (χ4v) is 4.29. The fraction of sp³-hybridized carbons (Fsp3) is 0.292. The lowest BCUT2D eigenvalue weighted by Gasteiger charge is -2.36. The maximum atomic E-state index is 14.1. The molecule has 1 aliphatic rings. The molecule has 32 heavy (non-hydrogen) atoms. The van der Waals surface area contributed by atoms with Crippen LogP contribution < -0.4 is 15.1 Å².